The Morgan fingerprint density at radius 3 is 1.83 bits per heavy atom. The molecule has 6 nitrogen and oxygen atoms in total. The van der Waals surface area contributed by atoms with Gasteiger partial charge in [0, 0.05) is 0 Å². The van der Waals surface area contributed by atoms with Crippen LogP contribution in [0.2, 0.25) is 0 Å². The highest BCUT2D eigenvalue weighted by Crippen LogP contribution is 2.36. The van der Waals surface area contributed by atoms with Crippen molar-refractivity contribution in [3.8, 4) is 6.07 Å². The van der Waals surface area contributed by atoms with Crippen LogP contribution in [0.4, 0.5) is 4.39 Å². The van der Waals surface area contributed by atoms with Crippen molar-refractivity contribution in [2.24, 2.45) is 0 Å². The SMILES string of the molecule is CCCCCCCCCCCCCCCCCC[C@H](COP(=O)(O)O)OCc1cc(F)cc(C#N)c1. The number of ether oxygens (including phenoxy) is 1. The minimum absolute atomic E-state index is 0.0421. The van der Waals surface area contributed by atoms with Crippen LogP contribution in [0.15, 0.2) is 18.2 Å². The fourth-order valence-corrected chi connectivity index (χ4v) is 4.69. The molecule has 36 heavy (non-hydrogen) atoms. The molecule has 0 aliphatic carbocycles. The topological polar surface area (TPSA) is 99.8 Å². The molecule has 0 heterocycles. The number of phosphoric acid groups is 1. The van der Waals surface area contributed by atoms with Crippen molar-refractivity contribution in [2.75, 3.05) is 6.61 Å². The quantitative estimate of drug-likeness (QED) is 0.110. The van der Waals surface area contributed by atoms with E-state index in [0.717, 1.165) is 25.3 Å². The smallest absolute Gasteiger partial charge is 0.371 e. The highest BCUT2D eigenvalue weighted by atomic mass is 31.2. The Hall–Kier alpha value is -1.29. The van der Waals surface area contributed by atoms with E-state index in [9.17, 15) is 8.96 Å². The number of phosphoric ester groups is 1. The molecule has 0 radical (unpaired) electrons. The number of hydrogen-bond acceptors (Lipinski definition) is 4. The van der Waals surface area contributed by atoms with Crippen molar-refractivity contribution in [3.63, 3.8) is 0 Å². The number of nitrogens with zero attached hydrogens (tertiary/aromatic N) is 1. The highest BCUT2D eigenvalue weighted by Gasteiger charge is 2.19. The van der Waals surface area contributed by atoms with Crippen LogP contribution in [0.5, 0.6) is 0 Å². The summed E-state index contributed by atoms with van der Waals surface area (Å²) in [6.07, 6.45) is 20.5. The maximum absolute atomic E-state index is 13.6. The standard InChI is InChI=1S/C28H47FNO5P/c1-2-3-4-5-6-7-8-9-10-11-12-13-14-15-16-17-18-28(24-35-36(31,32)33)34-23-26-19-25(22-30)20-27(29)21-26/h19-21,28H,2-18,23-24H2,1H3,(H2,31,32,33)/t28-/m1/s1. The fraction of sp³-hybridized carbons (Fsp3) is 0.750. The van der Waals surface area contributed by atoms with E-state index in [1.807, 2.05) is 6.07 Å². The molecule has 1 atom stereocenters. The first kappa shape index (κ1) is 32.7. The highest BCUT2D eigenvalue weighted by molar-refractivity contribution is 7.46. The Labute approximate surface area is 217 Å². The fourth-order valence-electron chi connectivity index (χ4n) is 4.33. The Balaban J connectivity index is 2.15. The molecular weight excluding hydrogens is 480 g/mol. The summed E-state index contributed by atoms with van der Waals surface area (Å²) in [5, 5.41) is 8.98. The molecule has 0 fully saturated rings. The van der Waals surface area contributed by atoms with Crippen LogP contribution in [-0.2, 0) is 20.4 Å². The van der Waals surface area contributed by atoms with Gasteiger partial charge < -0.3 is 14.5 Å². The second kappa shape index (κ2) is 20.7. The molecule has 206 valence electrons. The van der Waals surface area contributed by atoms with Gasteiger partial charge >= 0.3 is 7.82 Å². The summed E-state index contributed by atoms with van der Waals surface area (Å²) in [5.41, 5.74) is 0.703. The molecule has 1 aromatic carbocycles. The third kappa shape index (κ3) is 18.9. The summed E-state index contributed by atoms with van der Waals surface area (Å²) in [7, 11) is -4.59. The van der Waals surface area contributed by atoms with Gasteiger partial charge in [0.05, 0.1) is 31.0 Å². The van der Waals surface area contributed by atoms with Gasteiger partial charge in [-0.25, -0.2) is 8.96 Å². The maximum Gasteiger partial charge on any atom is 0.469 e. The Morgan fingerprint density at radius 1 is 0.861 bits per heavy atom. The minimum Gasteiger partial charge on any atom is -0.371 e. The molecule has 0 aromatic heterocycles. The number of unbranched alkanes of at least 4 members (excludes halogenated alkanes) is 15. The normalized spacial score (nSPS) is 12.5. The van der Waals surface area contributed by atoms with Crippen LogP contribution >= 0.6 is 7.82 Å². The first-order chi connectivity index (χ1) is 17.3. The van der Waals surface area contributed by atoms with Gasteiger partial charge in [0.25, 0.3) is 0 Å². The van der Waals surface area contributed by atoms with E-state index in [1.54, 1.807) is 6.07 Å². The summed E-state index contributed by atoms with van der Waals surface area (Å²) >= 11 is 0. The molecule has 0 bridgehead atoms. The van der Waals surface area contributed by atoms with E-state index in [2.05, 4.69) is 11.4 Å². The number of halogens is 1. The third-order valence-corrected chi connectivity index (χ3v) is 6.87. The van der Waals surface area contributed by atoms with Crippen molar-refractivity contribution < 1.29 is 28.0 Å². The van der Waals surface area contributed by atoms with Crippen LogP contribution in [-0.4, -0.2) is 22.5 Å². The number of nitriles is 1. The molecule has 0 unspecified atom stereocenters. The van der Waals surface area contributed by atoms with Gasteiger partial charge in [-0.05, 0) is 30.2 Å². The average Bonchev–Trinajstić information content (AvgIpc) is 2.84. The van der Waals surface area contributed by atoms with Gasteiger partial charge in [-0.15, -0.1) is 0 Å². The lowest BCUT2D eigenvalue weighted by molar-refractivity contribution is -0.00383. The van der Waals surface area contributed by atoms with Gasteiger partial charge in [-0.3, -0.25) is 4.52 Å². The Bertz CT molecular complexity index is 780. The second-order valence-corrected chi connectivity index (χ2v) is 11.0. The molecule has 1 rings (SSSR count). The zero-order chi connectivity index (χ0) is 26.5. The van der Waals surface area contributed by atoms with E-state index in [-0.39, 0.29) is 18.8 Å². The average molecular weight is 528 g/mol. The van der Waals surface area contributed by atoms with Gasteiger partial charge in [-0.2, -0.15) is 5.26 Å². The second-order valence-electron chi connectivity index (χ2n) is 9.77. The van der Waals surface area contributed by atoms with Gasteiger partial charge in [0.1, 0.15) is 5.82 Å². The van der Waals surface area contributed by atoms with Crippen LogP contribution in [0.1, 0.15) is 127 Å². The summed E-state index contributed by atoms with van der Waals surface area (Å²) < 4.78 is 35.1. The van der Waals surface area contributed by atoms with Crippen molar-refractivity contribution in [2.45, 2.75) is 129 Å². The van der Waals surface area contributed by atoms with Crippen molar-refractivity contribution in [1.29, 1.82) is 5.26 Å². The van der Waals surface area contributed by atoms with Crippen LogP contribution in [0, 0.1) is 17.1 Å². The molecule has 0 amide bonds. The monoisotopic (exact) mass is 527 g/mol. The number of benzene rings is 1. The van der Waals surface area contributed by atoms with Gasteiger partial charge in [0.2, 0.25) is 0 Å². The molecule has 0 saturated carbocycles. The predicted octanol–water partition coefficient (Wildman–Crippen LogP) is 8.34. The third-order valence-electron chi connectivity index (χ3n) is 6.38. The lowest BCUT2D eigenvalue weighted by atomic mass is 10.0. The first-order valence-electron chi connectivity index (χ1n) is 13.8. The Kier molecular flexibility index (Phi) is 18.9. The molecule has 0 spiro atoms. The molecule has 1 aromatic rings. The van der Waals surface area contributed by atoms with Gasteiger partial charge in [-0.1, -0.05) is 110 Å². The van der Waals surface area contributed by atoms with Crippen molar-refractivity contribution >= 4 is 7.82 Å². The summed E-state index contributed by atoms with van der Waals surface area (Å²) in [4.78, 5) is 18.0. The van der Waals surface area contributed by atoms with E-state index in [4.69, 9.17) is 19.8 Å². The van der Waals surface area contributed by atoms with E-state index < -0.39 is 19.7 Å². The molecular formula is C28H47FNO5P. The Morgan fingerprint density at radius 2 is 1.36 bits per heavy atom. The molecule has 0 aliphatic heterocycles. The predicted molar refractivity (Wildman–Crippen MR) is 142 cm³/mol. The lowest BCUT2D eigenvalue weighted by Gasteiger charge is -2.18. The summed E-state index contributed by atoms with van der Waals surface area (Å²) in [5.74, 6) is -0.520. The molecule has 0 aliphatic rings. The van der Waals surface area contributed by atoms with Crippen LogP contribution in [0.3, 0.4) is 0 Å². The van der Waals surface area contributed by atoms with Crippen LogP contribution in [0.25, 0.3) is 0 Å². The minimum atomic E-state index is -4.59. The number of hydrogen-bond donors (Lipinski definition) is 2. The van der Waals surface area contributed by atoms with E-state index in [0.29, 0.717) is 12.0 Å². The molecule has 2 N–H and O–H groups in total. The van der Waals surface area contributed by atoms with Gasteiger partial charge in [0.15, 0.2) is 0 Å². The van der Waals surface area contributed by atoms with Crippen molar-refractivity contribution in [1.82, 2.24) is 0 Å². The first-order valence-corrected chi connectivity index (χ1v) is 15.4. The van der Waals surface area contributed by atoms with Crippen molar-refractivity contribution in [3.05, 3.63) is 35.1 Å². The van der Waals surface area contributed by atoms with Crippen LogP contribution < -0.4 is 0 Å². The zero-order valence-electron chi connectivity index (χ0n) is 22.1. The largest absolute Gasteiger partial charge is 0.469 e. The molecule has 8 heteroatoms. The summed E-state index contributed by atoms with van der Waals surface area (Å²) in [6, 6.07) is 5.88. The van der Waals surface area contributed by atoms with E-state index in [1.165, 1.54) is 89.5 Å². The zero-order valence-corrected chi connectivity index (χ0v) is 23.0. The lowest BCUT2D eigenvalue weighted by Crippen LogP contribution is -2.19. The van der Waals surface area contributed by atoms with E-state index >= 15 is 0 Å². The summed E-state index contributed by atoms with van der Waals surface area (Å²) in [6.45, 7) is 2.07. The maximum atomic E-state index is 13.6. The molecule has 0 saturated heterocycles. The number of rotatable bonds is 23.